The van der Waals surface area contributed by atoms with Crippen LogP contribution in [0.3, 0.4) is 0 Å². The van der Waals surface area contributed by atoms with Gasteiger partial charge in [0, 0.05) is 52.2 Å². The lowest BCUT2D eigenvalue weighted by Gasteiger charge is -2.30. The highest BCUT2D eigenvalue weighted by Crippen LogP contribution is 2.22. The van der Waals surface area contributed by atoms with E-state index in [-0.39, 0.29) is 0 Å². The van der Waals surface area contributed by atoms with Crippen LogP contribution in [0.25, 0.3) is 6.08 Å². The van der Waals surface area contributed by atoms with Crippen LogP contribution >= 0.6 is 0 Å². The molecule has 0 amide bonds. The second-order valence-corrected chi connectivity index (χ2v) is 8.59. The highest BCUT2D eigenvalue weighted by Gasteiger charge is 2.20. The van der Waals surface area contributed by atoms with Crippen molar-refractivity contribution in [3.05, 3.63) is 35.9 Å². The van der Waals surface area contributed by atoms with Crippen LogP contribution in [-0.4, -0.2) is 61.4 Å². The Labute approximate surface area is 191 Å². The van der Waals surface area contributed by atoms with Crippen LogP contribution in [0.15, 0.2) is 35.4 Å². The first-order chi connectivity index (χ1) is 15.7. The predicted octanol–water partition coefficient (Wildman–Crippen LogP) is 4.03. The molecule has 8 nitrogen and oxygen atoms in total. The monoisotopic (exact) mass is 434 g/mol. The van der Waals surface area contributed by atoms with E-state index in [4.69, 9.17) is 4.98 Å². The maximum absolute atomic E-state index is 4.80. The van der Waals surface area contributed by atoms with E-state index in [1.54, 1.807) is 6.21 Å². The van der Waals surface area contributed by atoms with Crippen LogP contribution < -0.4 is 20.1 Å². The number of hydrogen-bond acceptors (Lipinski definition) is 8. The largest absolute Gasteiger partial charge is 0.378 e. The first-order valence-electron chi connectivity index (χ1n) is 11.7. The minimum absolute atomic E-state index is 0.501. The van der Waals surface area contributed by atoms with Crippen LogP contribution in [0.1, 0.15) is 44.1 Å². The highest BCUT2D eigenvalue weighted by molar-refractivity contribution is 5.78. The molecule has 2 saturated heterocycles. The Bertz CT molecular complexity index is 874. The molecule has 2 aliphatic rings. The summed E-state index contributed by atoms with van der Waals surface area (Å²) in [5.74, 6) is 2.02. The Morgan fingerprint density at radius 2 is 1.38 bits per heavy atom. The minimum Gasteiger partial charge on any atom is -0.378 e. The molecule has 0 spiro atoms. The molecule has 2 aliphatic heterocycles. The Morgan fingerprint density at radius 1 is 0.812 bits per heavy atom. The zero-order chi connectivity index (χ0) is 22.2. The van der Waals surface area contributed by atoms with Crippen molar-refractivity contribution in [1.29, 1.82) is 0 Å². The van der Waals surface area contributed by atoms with Crippen molar-refractivity contribution >= 4 is 35.8 Å². The maximum Gasteiger partial charge on any atom is 0.250 e. The van der Waals surface area contributed by atoms with Crippen molar-refractivity contribution < 1.29 is 0 Å². The molecule has 0 unspecified atom stereocenters. The fourth-order valence-corrected chi connectivity index (χ4v) is 4.05. The number of nitrogens with one attached hydrogen (secondary N) is 1. The van der Waals surface area contributed by atoms with Gasteiger partial charge in [-0.05, 0) is 62.3 Å². The van der Waals surface area contributed by atoms with Crippen LogP contribution in [0.4, 0.5) is 23.5 Å². The molecule has 0 aliphatic carbocycles. The third kappa shape index (κ3) is 5.96. The number of allylic oxidation sites excluding steroid dienone is 1. The molecular formula is C24H34N8. The van der Waals surface area contributed by atoms with Gasteiger partial charge in [0.2, 0.25) is 17.8 Å². The number of benzene rings is 1. The summed E-state index contributed by atoms with van der Waals surface area (Å²) in [6, 6.07) is 8.39. The summed E-state index contributed by atoms with van der Waals surface area (Å²) < 4.78 is 0. The van der Waals surface area contributed by atoms with Crippen LogP contribution in [0.5, 0.6) is 0 Å². The summed E-state index contributed by atoms with van der Waals surface area (Å²) in [7, 11) is 4.08. The smallest absolute Gasteiger partial charge is 0.250 e. The molecule has 4 rings (SSSR count). The van der Waals surface area contributed by atoms with Crippen molar-refractivity contribution in [2.75, 3.05) is 60.4 Å². The van der Waals surface area contributed by atoms with E-state index in [0.29, 0.717) is 5.95 Å². The van der Waals surface area contributed by atoms with Gasteiger partial charge in [0.05, 0.1) is 0 Å². The van der Waals surface area contributed by atoms with E-state index in [0.717, 1.165) is 43.6 Å². The number of hydrazone groups is 1. The third-order valence-corrected chi connectivity index (χ3v) is 5.91. The van der Waals surface area contributed by atoms with Crippen LogP contribution in [-0.2, 0) is 0 Å². The van der Waals surface area contributed by atoms with Gasteiger partial charge in [-0.15, -0.1) is 0 Å². The van der Waals surface area contributed by atoms with E-state index in [1.165, 1.54) is 44.2 Å². The van der Waals surface area contributed by atoms with Gasteiger partial charge in [-0.25, -0.2) is 5.43 Å². The zero-order valence-corrected chi connectivity index (χ0v) is 19.2. The number of nitrogens with zero attached hydrogens (tertiary/aromatic N) is 7. The van der Waals surface area contributed by atoms with Gasteiger partial charge in [0.1, 0.15) is 0 Å². The first-order valence-corrected chi connectivity index (χ1v) is 11.7. The molecule has 170 valence electrons. The fourth-order valence-electron chi connectivity index (χ4n) is 4.05. The third-order valence-electron chi connectivity index (χ3n) is 5.91. The molecule has 1 N–H and O–H groups in total. The lowest BCUT2D eigenvalue weighted by molar-refractivity contribution is 0.556. The van der Waals surface area contributed by atoms with Gasteiger partial charge in [0.25, 0.3) is 0 Å². The Kier molecular flexibility index (Phi) is 7.53. The second-order valence-electron chi connectivity index (χ2n) is 8.59. The molecule has 32 heavy (non-hydrogen) atoms. The molecular weight excluding hydrogens is 400 g/mol. The van der Waals surface area contributed by atoms with Crippen molar-refractivity contribution in [3.63, 3.8) is 0 Å². The number of piperidine rings is 2. The Morgan fingerprint density at radius 3 is 1.91 bits per heavy atom. The van der Waals surface area contributed by atoms with E-state index in [1.807, 2.05) is 26.2 Å². The molecule has 2 aromatic rings. The predicted molar refractivity (Wildman–Crippen MR) is 134 cm³/mol. The standard InChI is InChI=1S/C24H34N8/c1-30(2)21-13-11-20(12-14-21)10-9-15-25-29-22-26-23(31-16-5-3-6-17-31)28-24(27-22)32-18-7-4-8-19-32/h9-15H,3-8,16-19H2,1-2H3,(H,26,27,28,29)/b10-9-,25-15+. The SMILES string of the molecule is CN(C)c1ccc(/C=C\C=N\Nc2nc(N3CCCCC3)nc(N3CCCCC3)n2)cc1. The van der Waals surface area contributed by atoms with Gasteiger partial charge < -0.3 is 14.7 Å². The van der Waals surface area contributed by atoms with E-state index < -0.39 is 0 Å². The molecule has 2 fully saturated rings. The maximum atomic E-state index is 4.80. The molecule has 1 aromatic carbocycles. The summed E-state index contributed by atoms with van der Waals surface area (Å²) >= 11 is 0. The van der Waals surface area contributed by atoms with Crippen molar-refractivity contribution in [3.8, 4) is 0 Å². The van der Waals surface area contributed by atoms with Crippen LogP contribution in [0.2, 0.25) is 0 Å². The van der Waals surface area contributed by atoms with E-state index in [9.17, 15) is 0 Å². The number of hydrogen-bond donors (Lipinski definition) is 1. The normalized spacial score (nSPS) is 17.3. The first kappa shape index (κ1) is 22.0. The number of rotatable bonds is 7. The van der Waals surface area contributed by atoms with E-state index in [2.05, 4.69) is 59.5 Å². The number of anilines is 4. The number of aromatic nitrogens is 3. The summed E-state index contributed by atoms with van der Waals surface area (Å²) in [5.41, 5.74) is 5.32. The summed E-state index contributed by atoms with van der Waals surface area (Å²) in [6.45, 7) is 4.01. The Hall–Kier alpha value is -3.16. The molecule has 0 radical (unpaired) electrons. The molecule has 0 atom stereocenters. The topological polar surface area (TPSA) is 72.8 Å². The average Bonchev–Trinajstić information content (AvgIpc) is 2.85. The van der Waals surface area contributed by atoms with Gasteiger partial charge >= 0.3 is 0 Å². The minimum atomic E-state index is 0.501. The van der Waals surface area contributed by atoms with E-state index >= 15 is 0 Å². The van der Waals surface area contributed by atoms with Gasteiger partial charge in [-0.1, -0.05) is 18.2 Å². The second kappa shape index (κ2) is 10.9. The van der Waals surface area contributed by atoms with Crippen molar-refractivity contribution in [2.24, 2.45) is 5.10 Å². The Balaban J connectivity index is 1.44. The van der Waals surface area contributed by atoms with Gasteiger partial charge in [-0.3, -0.25) is 0 Å². The van der Waals surface area contributed by atoms with Gasteiger partial charge in [0.15, 0.2) is 0 Å². The molecule has 0 saturated carbocycles. The molecule has 3 heterocycles. The summed E-state index contributed by atoms with van der Waals surface area (Å²) in [5, 5.41) is 4.32. The summed E-state index contributed by atoms with van der Waals surface area (Å²) in [4.78, 5) is 20.7. The summed E-state index contributed by atoms with van der Waals surface area (Å²) in [6.07, 6.45) is 13.0. The van der Waals surface area contributed by atoms with Crippen molar-refractivity contribution in [2.45, 2.75) is 38.5 Å². The molecule has 0 bridgehead atoms. The fraction of sp³-hybridized carbons (Fsp3) is 0.500. The van der Waals surface area contributed by atoms with Crippen LogP contribution in [0, 0.1) is 0 Å². The zero-order valence-electron chi connectivity index (χ0n) is 19.2. The average molecular weight is 435 g/mol. The van der Waals surface area contributed by atoms with Gasteiger partial charge in [-0.2, -0.15) is 20.1 Å². The highest BCUT2D eigenvalue weighted by atomic mass is 15.4. The van der Waals surface area contributed by atoms with Crippen molar-refractivity contribution in [1.82, 2.24) is 15.0 Å². The quantitative estimate of drug-likeness (QED) is 0.521. The lowest BCUT2D eigenvalue weighted by Crippen LogP contribution is -2.34. The molecule has 8 heteroatoms. The lowest BCUT2D eigenvalue weighted by atomic mass is 10.1. The molecule has 1 aromatic heterocycles.